The van der Waals surface area contributed by atoms with E-state index in [-0.39, 0.29) is 5.97 Å². The summed E-state index contributed by atoms with van der Waals surface area (Å²) >= 11 is 0. The zero-order valence-electron chi connectivity index (χ0n) is 9.67. The number of ether oxygens (including phenoxy) is 1. The van der Waals surface area contributed by atoms with Gasteiger partial charge < -0.3 is 4.74 Å². The molecule has 0 amide bonds. The third-order valence-corrected chi connectivity index (χ3v) is 3.99. The standard InChI is InChI=1S/C12H16N2O2/c1-3-16-11(15)10-8-4-7-5-12(7,2)6-9(8)13-14-10/h7H,3-6H2,1-2H3,(H,13,14)/t7-,12-/m1/s1. The van der Waals surface area contributed by atoms with E-state index in [2.05, 4.69) is 17.1 Å². The SMILES string of the molecule is CCOC(=O)c1n[nH]c2c1C[C@@H]1C[C@]1(C)C2. The van der Waals surface area contributed by atoms with Gasteiger partial charge in [-0.2, -0.15) is 5.10 Å². The first-order valence-corrected chi connectivity index (χ1v) is 5.87. The Bertz CT molecular complexity index is 452. The lowest BCUT2D eigenvalue weighted by Crippen LogP contribution is -2.15. The fourth-order valence-corrected chi connectivity index (χ4v) is 2.82. The molecule has 4 heteroatoms. The Morgan fingerprint density at radius 2 is 2.50 bits per heavy atom. The maximum Gasteiger partial charge on any atom is 0.359 e. The molecule has 0 aromatic carbocycles. The molecule has 1 aromatic heterocycles. The van der Waals surface area contributed by atoms with E-state index in [0.717, 1.165) is 30.0 Å². The molecule has 0 unspecified atom stereocenters. The summed E-state index contributed by atoms with van der Waals surface area (Å²) in [5.74, 6) is 0.454. The topological polar surface area (TPSA) is 55.0 Å². The van der Waals surface area contributed by atoms with Crippen molar-refractivity contribution in [2.75, 3.05) is 6.61 Å². The third-order valence-electron chi connectivity index (χ3n) is 3.99. The summed E-state index contributed by atoms with van der Waals surface area (Å²) in [4.78, 5) is 11.7. The van der Waals surface area contributed by atoms with E-state index in [1.54, 1.807) is 0 Å². The van der Waals surface area contributed by atoms with E-state index in [1.165, 1.54) is 6.42 Å². The number of aromatic nitrogens is 2. The van der Waals surface area contributed by atoms with Crippen molar-refractivity contribution >= 4 is 5.97 Å². The molecule has 16 heavy (non-hydrogen) atoms. The molecule has 1 N–H and O–H groups in total. The van der Waals surface area contributed by atoms with Gasteiger partial charge in [0, 0.05) is 11.3 Å². The minimum absolute atomic E-state index is 0.288. The second-order valence-corrected chi connectivity index (χ2v) is 5.19. The maximum absolute atomic E-state index is 11.7. The molecular formula is C12H16N2O2. The molecule has 1 aromatic rings. The van der Waals surface area contributed by atoms with Crippen LogP contribution in [0, 0.1) is 11.3 Å². The summed E-state index contributed by atoms with van der Waals surface area (Å²) in [6.45, 7) is 4.53. The summed E-state index contributed by atoms with van der Waals surface area (Å²) < 4.78 is 5.00. The van der Waals surface area contributed by atoms with Gasteiger partial charge in [-0.1, -0.05) is 6.92 Å². The molecule has 3 rings (SSSR count). The van der Waals surface area contributed by atoms with E-state index in [0.29, 0.717) is 17.7 Å². The van der Waals surface area contributed by atoms with Gasteiger partial charge >= 0.3 is 5.97 Å². The summed E-state index contributed by atoms with van der Waals surface area (Å²) in [5, 5.41) is 7.10. The number of hydrogen-bond donors (Lipinski definition) is 1. The van der Waals surface area contributed by atoms with Gasteiger partial charge in [0.2, 0.25) is 0 Å². The average Bonchev–Trinajstić information content (AvgIpc) is 2.72. The second-order valence-electron chi connectivity index (χ2n) is 5.19. The van der Waals surface area contributed by atoms with Crippen LogP contribution in [0.5, 0.6) is 0 Å². The Hall–Kier alpha value is -1.32. The molecule has 1 heterocycles. The van der Waals surface area contributed by atoms with Gasteiger partial charge in [0.25, 0.3) is 0 Å². The highest BCUT2D eigenvalue weighted by atomic mass is 16.5. The van der Waals surface area contributed by atoms with Crippen LogP contribution in [0.2, 0.25) is 0 Å². The number of carbonyl (C=O) groups is 1. The number of fused-ring (bicyclic) bond motifs is 2. The maximum atomic E-state index is 11.7. The van der Waals surface area contributed by atoms with E-state index in [4.69, 9.17) is 4.74 Å². The smallest absolute Gasteiger partial charge is 0.359 e. The molecule has 0 aliphatic heterocycles. The molecule has 0 spiro atoms. The van der Waals surface area contributed by atoms with Crippen molar-refractivity contribution in [1.82, 2.24) is 10.2 Å². The van der Waals surface area contributed by atoms with Crippen molar-refractivity contribution in [3.63, 3.8) is 0 Å². The molecule has 1 fully saturated rings. The van der Waals surface area contributed by atoms with Crippen molar-refractivity contribution in [3.8, 4) is 0 Å². The lowest BCUT2D eigenvalue weighted by atomic mass is 9.88. The molecular weight excluding hydrogens is 204 g/mol. The molecule has 1 saturated carbocycles. The van der Waals surface area contributed by atoms with E-state index in [1.807, 2.05) is 6.92 Å². The Morgan fingerprint density at radius 1 is 1.69 bits per heavy atom. The van der Waals surface area contributed by atoms with Gasteiger partial charge in [0.15, 0.2) is 5.69 Å². The predicted molar refractivity (Wildman–Crippen MR) is 58.2 cm³/mol. The van der Waals surface area contributed by atoms with E-state index >= 15 is 0 Å². The summed E-state index contributed by atoms with van der Waals surface area (Å²) in [7, 11) is 0. The van der Waals surface area contributed by atoms with E-state index < -0.39 is 0 Å². The van der Waals surface area contributed by atoms with Crippen LogP contribution in [0.4, 0.5) is 0 Å². The molecule has 4 nitrogen and oxygen atoms in total. The Balaban J connectivity index is 1.91. The van der Waals surface area contributed by atoms with Crippen LogP contribution in [0.15, 0.2) is 0 Å². The van der Waals surface area contributed by atoms with E-state index in [9.17, 15) is 4.79 Å². The highest BCUT2D eigenvalue weighted by molar-refractivity contribution is 5.89. The third kappa shape index (κ3) is 1.29. The minimum atomic E-state index is -0.288. The Labute approximate surface area is 94.4 Å². The van der Waals surface area contributed by atoms with Crippen molar-refractivity contribution in [2.24, 2.45) is 11.3 Å². The van der Waals surface area contributed by atoms with Crippen LogP contribution in [0.3, 0.4) is 0 Å². The molecule has 86 valence electrons. The van der Waals surface area contributed by atoms with Crippen LogP contribution < -0.4 is 0 Å². The fraction of sp³-hybridized carbons (Fsp3) is 0.667. The molecule has 2 aliphatic carbocycles. The van der Waals surface area contributed by atoms with Crippen molar-refractivity contribution in [1.29, 1.82) is 0 Å². The minimum Gasteiger partial charge on any atom is -0.461 e. The zero-order chi connectivity index (χ0) is 11.3. The highest BCUT2D eigenvalue weighted by Crippen LogP contribution is 2.59. The number of carbonyl (C=O) groups excluding carboxylic acids is 1. The number of H-pyrrole nitrogens is 1. The normalized spacial score (nSPS) is 30.5. The molecule has 0 saturated heterocycles. The first-order valence-electron chi connectivity index (χ1n) is 5.87. The number of nitrogens with zero attached hydrogens (tertiary/aromatic N) is 1. The zero-order valence-corrected chi connectivity index (χ0v) is 9.67. The Morgan fingerprint density at radius 3 is 3.25 bits per heavy atom. The van der Waals surface area contributed by atoms with Crippen LogP contribution in [0.25, 0.3) is 0 Å². The largest absolute Gasteiger partial charge is 0.461 e. The predicted octanol–water partition coefficient (Wildman–Crippen LogP) is 1.71. The van der Waals surface area contributed by atoms with Crippen LogP contribution >= 0.6 is 0 Å². The summed E-state index contributed by atoms with van der Waals surface area (Å²) in [5.41, 5.74) is 3.20. The number of rotatable bonds is 2. The van der Waals surface area contributed by atoms with Crippen molar-refractivity contribution < 1.29 is 9.53 Å². The van der Waals surface area contributed by atoms with Gasteiger partial charge in [-0.05, 0) is 37.5 Å². The van der Waals surface area contributed by atoms with Crippen LogP contribution in [-0.4, -0.2) is 22.8 Å². The highest BCUT2D eigenvalue weighted by Gasteiger charge is 2.53. The van der Waals surface area contributed by atoms with Crippen molar-refractivity contribution in [3.05, 3.63) is 17.0 Å². The molecule has 0 bridgehead atoms. The first kappa shape index (κ1) is 9.87. The summed E-state index contributed by atoms with van der Waals surface area (Å²) in [6.07, 6.45) is 3.29. The average molecular weight is 220 g/mol. The lowest BCUT2D eigenvalue weighted by Gasteiger charge is -2.17. The molecule has 2 aliphatic rings. The number of aromatic amines is 1. The monoisotopic (exact) mass is 220 g/mol. The second kappa shape index (κ2) is 3.09. The van der Waals surface area contributed by atoms with Crippen LogP contribution in [-0.2, 0) is 17.6 Å². The Kier molecular flexibility index (Phi) is 1.91. The van der Waals surface area contributed by atoms with Gasteiger partial charge in [0.05, 0.1) is 6.61 Å². The van der Waals surface area contributed by atoms with Crippen LogP contribution in [0.1, 0.15) is 42.0 Å². The number of nitrogens with one attached hydrogen (secondary N) is 1. The van der Waals surface area contributed by atoms with Gasteiger partial charge in [-0.25, -0.2) is 4.79 Å². The quantitative estimate of drug-likeness (QED) is 0.772. The lowest BCUT2D eigenvalue weighted by molar-refractivity contribution is 0.0518. The number of hydrogen-bond acceptors (Lipinski definition) is 3. The van der Waals surface area contributed by atoms with Gasteiger partial charge in [-0.3, -0.25) is 5.10 Å². The summed E-state index contributed by atoms with van der Waals surface area (Å²) in [6, 6.07) is 0. The fourth-order valence-electron chi connectivity index (χ4n) is 2.82. The molecule has 2 atom stereocenters. The van der Waals surface area contributed by atoms with Gasteiger partial charge in [-0.15, -0.1) is 0 Å². The van der Waals surface area contributed by atoms with Crippen molar-refractivity contribution in [2.45, 2.75) is 33.1 Å². The number of esters is 1. The van der Waals surface area contributed by atoms with Gasteiger partial charge in [0.1, 0.15) is 0 Å². The first-order chi connectivity index (χ1) is 7.64. The molecule has 0 radical (unpaired) electrons.